The van der Waals surface area contributed by atoms with Gasteiger partial charge in [-0.25, -0.2) is 4.98 Å². The van der Waals surface area contributed by atoms with Crippen LogP contribution in [-0.2, 0) is 6.54 Å². The second kappa shape index (κ2) is 6.71. The molecule has 0 radical (unpaired) electrons. The summed E-state index contributed by atoms with van der Waals surface area (Å²) in [6, 6.07) is 0. The molecule has 1 atom stereocenters. The molecule has 1 N–H and O–H groups in total. The first-order valence-electron chi connectivity index (χ1n) is 7.46. The van der Waals surface area contributed by atoms with Gasteiger partial charge >= 0.3 is 0 Å². The highest BCUT2D eigenvalue weighted by Crippen LogP contribution is 2.30. The third-order valence-electron chi connectivity index (χ3n) is 3.84. The summed E-state index contributed by atoms with van der Waals surface area (Å²) in [7, 11) is 0. The lowest BCUT2D eigenvalue weighted by Crippen LogP contribution is -2.21. The molecular weight excluding hydrogens is 254 g/mol. The second-order valence-corrected chi connectivity index (χ2v) is 7.22. The molecule has 0 aromatic carbocycles. The monoisotopic (exact) mass is 281 g/mol. The maximum atomic E-state index is 4.76. The van der Waals surface area contributed by atoms with Crippen LogP contribution in [0.1, 0.15) is 39.8 Å². The fraction of sp³-hybridized carbons (Fsp3) is 0.800. The molecule has 1 aromatic heterocycles. The molecule has 0 amide bonds. The van der Waals surface area contributed by atoms with Crippen LogP contribution in [0.4, 0.5) is 5.13 Å². The van der Waals surface area contributed by atoms with Crippen molar-refractivity contribution in [3.8, 4) is 0 Å². The summed E-state index contributed by atoms with van der Waals surface area (Å²) in [4.78, 5) is 7.22. The summed E-state index contributed by atoms with van der Waals surface area (Å²) in [5.41, 5.74) is 1.19. The quantitative estimate of drug-likeness (QED) is 0.866. The Balaban J connectivity index is 1.84. The first-order chi connectivity index (χ1) is 9.06. The topological polar surface area (TPSA) is 28.2 Å². The van der Waals surface area contributed by atoms with Gasteiger partial charge in [0.2, 0.25) is 0 Å². The zero-order chi connectivity index (χ0) is 13.8. The number of anilines is 1. The van der Waals surface area contributed by atoms with Crippen LogP contribution in [0.3, 0.4) is 0 Å². The molecule has 4 heteroatoms. The normalized spacial score (nSPS) is 19.9. The van der Waals surface area contributed by atoms with Gasteiger partial charge in [-0.2, -0.15) is 0 Å². The first kappa shape index (κ1) is 14.8. The third-order valence-corrected chi connectivity index (χ3v) is 4.79. The number of hydrogen-bond acceptors (Lipinski definition) is 4. The van der Waals surface area contributed by atoms with E-state index in [-0.39, 0.29) is 0 Å². The van der Waals surface area contributed by atoms with Gasteiger partial charge in [-0.1, -0.05) is 27.7 Å². The van der Waals surface area contributed by atoms with Crippen molar-refractivity contribution in [1.29, 1.82) is 0 Å². The van der Waals surface area contributed by atoms with E-state index in [1.807, 2.05) is 0 Å². The van der Waals surface area contributed by atoms with Crippen LogP contribution >= 0.6 is 11.3 Å². The standard InChI is InChI=1S/C15H27N3S/c1-11(2)7-16-8-14-10-19-15(17-14)18-6-5-13(9-18)12(3)4/h10-13,16H,5-9H2,1-4H3. The van der Waals surface area contributed by atoms with Gasteiger partial charge in [-0.05, 0) is 30.7 Å². The summed E-state index contributed by atoms with van der Waals surface area (Å²) in [5.74, 6) is 2.33. The molecule has 0 bridgehead atoms. The first-order valence-corrected chi connectivity index (χ1v) is 8.34. The Labute approximate surface area is 121 Å². The van der Waals surface area contributed by atoms with Crippen molar-refractivity contribution in [2.45, 2.75) is 40.7 Å². The molecule has 0 spiro atoms. The van der Waals surface area contributed by atoms with E-state index >= 15 is 0 Å². The van der Waals surface area contributed by atoms with Crippen molar-refractivity contribution in [3.05, 3.63) is 11.1 Å². The summed E-state index contributed by atoms with van der Waals surface area (Å²) >= 11 is 1.79. The van der Waals surface area contributed by atoms with Crippen molar-refractivity contribution in [3.63, 3.8) is 0 Å². The molecule has 1 aliphatic heterocycles. The number of nitrogens with zero attached hydrogens (tertiary/aromatic N) is 2. The van der Waals surface area contributed by atoms with E-state index in [1.165, 1.54) is 30.3 Å². The molecule has 1 fully saturated rings. The number of nitrogens with one attached hydrogen (secondary N) is 1. The van der Waals surface area contributed by atoms with Gasteiger partial charge in [0.1, 0.15) is 0 Å². The molecule has 19 heavy (non-hydrogen) atoms. The fourth-order valence-electron chi connectivity index (χ4n) is 2.52. The molecule has 2 heterocycles. The minimum atomic E-state index is 0.698. The van der Waals surface area contributed by atoms with Crippen molar-refractivity contribution in [2.24, 2.45) is 17.8 Å². The summed E-state index contributed by atoms with van der Waals surface area (Å²) in [5, 5.41) is 6.87. The van der Waals surface area contributed by atoms with E-state index in [4.69, 9.17) is 4.98 Å². The predicted octanol–water partition coefficient (Wildman–Crippen LogP) is 3.37. The van der Waals surface area contributed by atoms with Crippen LogP contribution in [0, 0.1) is 17.8 Å². The van der Waals surface area contributed by atoms with Crippen molar-refractivity contribution >= 4 is 16.5 Å². The zero-order valence-electron chi connectivity index (χ0n) is 12.6. The van der Waals surface area contributed by atoms with E-state index < -0.39 is 0 Å². The van der Waals surface area contributed by atoms with Gasteiger partial charge in [0.25, 0.3) is 0 Å². The SMILES string of the molecule is CC(C)CNCc1csc(N2CCC(C(C)C)C2)n1. The lowest BCUT2D eigenvalue weighted by atomic mass is 9.95. The van der Waals surface area contributed by atoms with Crippen LogP contribution in [0.15, 0.2) is 5.38 Å². The number of hydrogen-bond donors (Lipinski definition) is 1. The number of aromatic nitrogens is 1. The smallest absolute Gasteiger partial charge is 0.185 e. The minimum Gasteiger partial charge on any atom is -0.348 e. The van der Waals surface area contributed by atoms with Crippen LogP contribution in [0.5, 0.6) is 0 Å². The van der Waals surface area contributed by atoms with Crippen LogP contribution in [-0.4, -0.2) is 24.6 Å². The maximum absolute atomic E-state index is 4.76. The molecule has 1 aromatic rings. The molecule has 0 saturated carbocycles. The van der Waals surface area contributed by atoms with Crippen LogP contribution in [0.25, 0.3) is 0 Å². The highest BCUT2D eigenvalue weighted by Gasteiger charge is 2.26. The molecule has 3 nitrogen and oxygen atoms in total. The molecule has 0 aliphatic carbocycles. The van der Waals surface area contributed by atoms with Gasteiger partial charge < -0.3 is 10.2 Å². The summed E-state index contributed by atoms with van der Waals surface area (Å²) in [6.07, 6.45) is 1.32. The van der Waals surface area contributed by atoms with E-state index in [1.54, 1.807) is 11.3 Å². The lowest BCUT2D eigenvalue weighted by molar-refractivity contribution is 0.422. The predicted molar refractivity (Wildman–Crippen MR) is 83.8 cm³/mol. The Morgan fingerprint density at radius 2 is 2.21 bits per heavy atom. The second-order valence-electron chi connectivity index (χ2n) is 6.38. The highest BCUT2D eigenvalue weighted by molar-refractivity contribution is 7.13. The van der Waals surface area contributed by atoms with E-state index in [0.717, 1.165) is 24.9 Å². The Bertz CT molecular complexity index is 386. The lowest BCUT2D eigenvalue weighted by Gasteiger charge is -2.16. The van der Waals surface area contributed by atoms with Crippen molar-refractivity contribution in [1.82, 2.24) is 10.3 Å². The average molecular weight is 281 g/mol. The Morgan fingerprint density at radius 3 is 2.84 bits per heavy atom. The molecule has 1 aliphatic rings. The molecule has 1 unspecified atom stereocenters. The van der Waals surface area contributed by atoms with E-state index in [9.17, 15) is 0 Å². The minimum absolute atomic E-state index is 0.698. The third kappa shape index (κ3) is 4.18. The van der Waals surface area contributed by atoms with Crippen molar-refractivity contribution in [2.75, 3.05) is 24.5 Å². The van der Waals surface area contributed by atoms with Gasteiger partial charge in [0.05, 0.1) is 5.69 Å². The Hall–Kier alpha value is -0.610. The molecule has 1 saturated heterocycles. The number of thiazole rings is 1. The molecule has 108 valence electrons. The average Bonchev–Trinajstić information content (AvgIpc) is 2.95. The van der Waals surface area contributed by atoms with Gasteiger partial charge in [0.15, 0.2) is 5.13 Å². The summed E-state index contributed by atoms with van der Waals surface area (Å²) < 4.78 is 0. The number of rotatable bonds is 6. The van der Waals surface area contributed by atoms with Crippen LogP contribution in [0.2, 0.25) is 0 Å². The van der Waals surface area contributed by atoms with Crippen molar-refractivity contribution < 1.29 is 0 Å². The fourth-order valence-corrected chi connectivity index (χ4v) is 3.38. The maximum Gasteiger partial charge on any atom is 0.185 e. The molecular formula is C15H27N3S. The Kier molecular flexibility index (Phi) is 5.22. The van der Waals surface area contributed by atoms with Gasteiger partial charge in [-0.3, -0.25) is 0 Å². The summed E-state index contributed by atoms with van der Waals surface area (Å²) in [6.45, 7) is 13.4. The van der Waals surface area contributed by atoms with E-state index in [2.05, 4.69) is 43.3 Å². The van der Waals surface area contributed by atoms with Gasteiger partial charge in [-0.15, -0.1) is 11.3 Å². The zero-order valence-corrected chi connectivity index (χ0v) is 13.5. The largest absolute Gasteiger partial charge is 0.348 e. The molecule has 2 rings (SSSR count). The Morgan fingerprint density at radius 1 is 1.42 bits per heavy atom. The highest BCUT2D eigenvalue weighted by atomic mass is 32.1. The van der Waals surface area contributed by atoms with E-state index in [0.29, 0.717) is 5.92 Å². The van der Waals surface area contributed by atoms with Gasteiger partial charge in [0, 0.05) is 25.0 Å². The van der Waals surface area contributed by atoms with Crippen LogP contribution < -0.4 is 10.2 Å².